The Hall–Kier alpha value is -0.180. The molecular formula is C12H22F2O. The van der Waals surface area contributed by atoms with Crippen molar-refractivity contribution in [2.24, 2.45) is 5.92 Å². The molecule has 0 heterocycles. The lowest BCUT2D eigenvalue weighted by Crippen LogP contribution is -2.40. The standard InChI is InChI=1S/C12H22F2O/c1-10(2)4-5-11(15-3)6-8-12(13,14)9-7-11/h10H,4-9H2,1-3H3. The van der Waals surface area contributed by atoms with Crippen LogP contribution in [0.3, 0.4) is 0 Å². The molecule has 0 aromatic rings. The Kier molecular flexibility index (Phi) is 4.10. The highest BCUT2D eigenvalue weighted by Gasteiger charge is 2.43. The maximum absolute atomic E-state index is 13.0. The molecule has 0 aromatic carbocycles. The van der Waals surface area contributed by atoms with Gasteiger partial charge in [-0.25, -0.2) is 8.78 Å². The molecule has 0 bridgehead atoms. The van der Waals surface area contributed by atoms with Gasteiger partial charge in [-0.15, -0.1) is 0 Å². The molecule has 0 unspecified atom stereocenters. The Balaban J connectivity index is 2.49. The van der Waals surface area contributed by atoms with E-state index in [0.29, 0.717) is 18.8 Å². The lowest BCUT2D eigenvalue weighted by atomic mass is 9.78. The molecule has 1 rings (SSSR count). The van der Waals surface area contributed by atoms with Gasteiger partial charge in [-0.05, 0) is 31.6 Å². The third kappa shape index (κ3) is 3.71. The molecule has 0 spiro atoms. The molecule has 0 aromatic heterocycles. The van der Waals surface area contributed by atoms with E-state index in [1.54, 1.807) is 7.11 Å². The highest BCUT2D eigenvalue weighted by atomic mass is 19.3. The van der Waals surface area contributed by atoms with Crippen molar-refractivity contribution in [2.45, 2.75) is 63.9 Å². The van der Waals surface area contributed by atoms with Crippen LogP contribution in [-0.4, -0.2) is 18.6 Å². The molecule has 0 radical (unpaired) electrons. The normalized spacial score (nSPS) is 24.4. The van der Waals surface area contributed by atoms with E-state index >= 15 is 0 Å². The van der Waals surface area contributed by atoms with Crippen molar-refractivity contribution >= 4 is 0 Å². The lowest BCUT2D eigenvalue weighted by Gasteiger charge is -2.39. The first-order valence-corrected chi connectivity index (χ1v) is 5.82. The van der Waals surface area contributed by atoms with E-state index in [4.69, 9.17) is 4.74 Å². The molecule has 15 heavy (non-hydrogen) atoms. The third-order valence-electron chi connectivity index (χ3n) is 3.50. The Morgan fingerprint density at radius 1 is 1.13 bits per heavy atom. The molecule has 0 atom stereocenters. The minimum Gasteiger partial charge on any atom is -0.378 e. The number of hydrogen-bond acceptors (Lipinski definition) is 1. The van der Waals surface area contributed by atoms with Crippen LogP contribution in [0.25, 0.3) is 0 Å². The molecule has 1 nitrogen and oxygen atoms in total. The molecule has 3 heteroatoms. The fourth-order valence-corrected chi connectivity index (χ4v) is 2.18. The Morgan fingerprint density at radius 3 is 2.07 bits per heavy atom. The first kappa shape index (κ1) is 12.9. The summed E-state index contributed by atoms with van der Waals surface area (Å²) in [5, 5.41) is 0. The first-order valence-electron chi connectivity index (χ1n) is 5.82. The summed E-state index contributed by atoms with van der Waals surface area (Å²) in [6.07, 6.45) is 2.95. The van der Waals surface area contributed by atoms with Crippen molar-refractivity contribution in [3.05, 3.63) is 0 Å². The minimum absolute atomic E-state index is 0.0149. The van der Waals surface area contributed by atoms with Crippen LogP contribution in [0.15, 0.2) is 0 Å². The quantitative estimate of drug-likeness (QED) is 0.695. The van der Waals surface area contributed by atoms with Crippen LogP contribution in [0.1, 0.15) is 52.4 Å². The van der Waals surface area contributed by atoms with E-state index in [9.17, 15) is 8.78 Å². The minimum atomic E-state index is -2.46. The zero-order valence-electron chi connectivity index (χ0n) is 9.98. The molecule has 1 aliphatic rings. The third-order valence-corrected chi connectivity index (χ3v) is 3.50. The molecule has 0 N–H and O–H groups in total. The van der Waals surface area contributed by atoms with Gasteiger partial charge in [0.25, 0.3) is 0 Å². The topological polar surface area (TPSA) is 9.23 Å². The summed E-state index contributed by atoms with van der Waals surface area (Å²) >= 11 is 0. The van der Waals surface area contributed by atoms with E-state index in [2.05, 4.69) is 13.8 Å². The van der Waals surface area contributed by atoms with Crippen LogP contribution < -0.4 is 0 Å². The van der Waals surface area contributed by atoms with E-state index < -0.39 is 5.92 Å². The lowest BCUT2D eigenvalue weighted by molar-refractivity contribution is -0.123. The Labute approximate surface area is 91.2 Å². The summed E-state index contributed by atoms with van der Waals surface area (Å²) in [4.78, 5) is 0. The van der Waals surface area contributed by atoms with Crippen LogP contribution in [0.5, 0.6) is 0 Å². The number of alkyl halides is 2. The van der Waals surface area contributed by atoms with Gasteiger partial charge in [-0.2, -0.15) is 0 Å². The van der Waals surface area contributed by atoms with Gasteiger partial charge in [-0.1, -0.05) is 13.8 Å². The van der Waals surface area contributed by atoms with Crippen molar-refractivity contribution in [1.82, 2.24) is 0 Å². The second-order valence-corrected chi connectivity index (χ2v) is 5.18. The smallest absolute Gasteiger partial charge is 0.248 e. The number of halogens is 2. The monoisotopic (exact) mass is 220 g/mol. The fraction of sp³-hybridized carbons (Fsp3) is 1.00. The first-order chi connectivity index (χ1) is 6.89. The predicted molar refractivity (Wildman–Crippen MR) is 57.2 cm³/mol. The summed E-state index contributed by atoms with van der Waals surface area (Å²) in [5.74, 6) is -1.85. The predicted octanol–water partition coefficient (Wildman–Crippen LogP) is 4.02. The molecule has 90 valence electrons. The number of methoxy groups -OCH3 is 1. The summed E-state index contributed by atoms with van der Waals surface area (Å²) in [7, 11) is 1.66. The van der Waals surface area contributed by atoms with Gasteiger partial charge in [0.1, 0.15) is 0 Å². The Morgan fingerprint density at radius 2 is 1.67 bits per heavy atom. The molecule has 0 amide bonds. The average Bonchev–Trinajstić information content (AvgIpc) is 2.17. The van der Waals surface area contributed by atoms with Crippen LogP contribution in [0.2, 0.25) is 0 Å². The van der Waals surface area contributed by atoms with Crippen LogP contribution in [-0.2, 0) is 4.74 Å². The summed E-state index contributed by atoms with van der Waals surface area (Å²) in [5.41, 5.74) is -0.272. The van der Waals surface area contributed by atoms with Gasteiger partial charge in [0.2, 0.25) is 5.92 Å². The van der Waals surface area contributed by atoms with Crippen molar-refractivity contribution in [1.29, 1.82) is 0 Å². The average molecular weight is 220 g/mol. The fourth-order valence-electron chi connectivity index (χ4n) is 2.18. The van der Waals surface area contributed by atoms with Gasteiger partial charge in [-0.3, -0.25) is 0 Å². The van der Waals surface area contributed by atoms with Gasteiger partial charge in [0.15, 0.2) is 0 Å². The second-order valence-electron chi connectivity index (χ2n) is 5.18. The highest BCUT2D eigenvalue weighted by molar-refractivity contribution is 4.90. The SMILES string of the molecule is COC1(CCC(C)C)CCC(F)(F)CC1. The summed E-state index contributed by atoms with van der Waals surface area (Å²) < 4.78 is 31.5. The zero-order valence-corrected chi connectivity index (χ0v) is 9.98. The van der Waals surface area contributed by atoms with Crippen molar-refractivity contribution in [3.8, 4) is 0 Å². The van der Waals surface area contributed by atoms with Crippen molar-refractivity contribution in [3.63, 3.8) is 0 Å². The van der Waals surface area contributed by atoms with Gasteiger partial charge < -0.3 is 4.74 Å². The van der Waals surface area contributed by atoms with Crippen LogP contribution >= 0.6 is 0 Å². The summed E-state index contributed by atoms with van der Waals surface area (Å²) in [6, 6.07) is 0. The van der Waals surface area contributed by atoms with E-state index in [1.807, 2.05) is 0 Å². The van der Waals surface area contributed by atoms with E-state index in [-0.39, 0.29) is 18.4 Å². The van der Waals surface area contributed by atoms with Crippen molar-refractivity contribution < 1.29 is 13.5 Å². The van der Waals surface area contributed by atoms with E-state index in [0.717, 1.165) is 12.8 Å². The largest absolute Gasteiger partial charge is 0.378 e. The van der Waals surface area contributed by atoms with Gasteiger partial charge >= 0.3 is 0 Å². The second kappa shape index (κ2) is 4.77. The van der Waals surface area contributed by atoms with Crippen molar-refractivity contribution in [2.75, 3.05) is 7.11 Å². The number of ether oxygens (including phenoxy) is 1. The maximum atomic E-state index is 13.0. The number of rotatable bonds is 4. The molecule has 0 saturated heterocycles. The number of hydrogen-bond donors (Lipinski definition) is 0. The van der Waals surface area contributed by atoms with Gasteiger partial charge in [0.05, 0.1) is 5.60 Å². The highest BCUT2D eigenvalue weighted by Crippen LogP contribution is 2.42. The summed E-state index contributed by atoms with van der Waals surface area (Å²) in [6.45, 7) is 4.31. The molecule has 1 aliphatic carbocycles. The Bertz CT molecular complexity index is 186. The van der Waals surface area contributed by atoms with Crippen LogP contribution in [0.4, 0.5) is 8.78 Å². The zero-order chi connectivity index (χ0) is 11.5. The van der Waals surface area contributed by atoms with E-state index in [1.165, 1.54) is 0 Å². The molecule has 1 saturated carbocycles. The van der Waals surface area contributed by atoms with Crippen LogP contribution in [0, 0.1) is 5.92 Å². The van der Waals surface area contributed by atoms with Gasteiger partial charge in [0, 0.05) is 20.0 Å². The molecule has 1 fully saturated rings. The molecular weight excluding hydrogens is 198 g/mol. The molecule has 0 aliphatic heterocycles. The maximum Gasteiger partial charge on any atom is 0.248 e.